The van der Waals surface area contributed by atoms with Gasteiger partial charge in [0.05, 0.1) is 6.04 Å². The third-order valence-electron chi connectivity index (χ3n) is 6.99. The van der Waals surface area contributed by atoms with Crippen molar-refractivity contribution in [3.63, 3.8) is 0 Å². The third kappa shape index (κ3) is 3.86. The Bertz CT molecular complexity index is 1400. The van der Waals surface area contributed by atoms with Crippen molar-refractivity contribution in [2.24, 2.45) is 17.8 Å². The van der Waals surface area contributed by atoms with E-state index in [2.05, 4.69) is 0 Å². The number of allylic oxidation sites excluding steroid dienone is 1. The van der Waals surface area contributed by atoms with E-state index in [4.69, 9.17) is 4.74 Å². The first-order valence-electron chi connectivity index (χ1n) is 11.9. The highest BCUT2D eigenvalue weighted by atomic mass is 19.2. The number of benzene rings is 2. The number of aromatic hydroxyl groups is 1. The maximum atomic E-state index is 15.1. The lowest BCUT2D eigenvalue weighted by atomic mass is 9.78. The lowest BCUT2D eigenvalue weighted by Gasteiger charge is -2.44. The van der Waals surface area contributed by atoms with Crippen LogP contribution in [0.15, 0.2) is 71.7 Å². The number of carbonyl (C=O) groups excluding carboxylic acids is 1. The van der Waals surface area contributed by atoms with Crippen molar-refractivity contribution in [1.82, 2.24) is 4.68 Å². The lowest BCUT2D eigenvalue weighted by Crippen LogP contribution is -2.52. The molecule has 5 rings (SSSR count). The Labute approximate surface area is 207 Å². The summed E-state index contributed by atoms with van der Waals surface area (Å²) in [6.45, 7) is 4.16. The summed E-state index contributed by atoms with van der Waals surface area (Å²) >= 11 is 0. The van der Waals surface area contributed by atoms with Crippen molar-refractivity contribution >= 4 is 5.78 Å². The molecule has 2 aliphatic heterocycles. The van der Waals surface area contributed by atoms with Gasteiger partial charge in [-0.25, -0.2) is 4.39 Å². The van der Waals surface area contributed by atoms with Crippen molar-refractivity contribution in [3.8, 4) is 11.5 Å². The van der Waals surface area contributed by atoms with Gasteiger partial charge in [0.2, 0.25) is 11.2 Å². The zero-order valence-electron chi connectivity index (χ0n) is 19.9. The van der Waals surface area contributed by atoms with Gasteiger partial charge in [-0.15, -0.1) is 0 Å². The zero-order valence-corrected chi connectivity index (χ0v) is 19.9. The first-order valence-corrected chi connectivity index (χ1v) is 11.9. The number of aromatic nitrogens is 1. The molecule has 1 aromatic heterocycles. The standard InChI is InChI=1S/C28H26F2N2O4/c1-16(2)18-9-6-14-36-28-19(10-11-21(29)23(28)30)24(17-7-4-3-5-8-17)32-15-20(18)26(34)25-27(35)22(33)12-13-31(25)32/h3-13,16,18,20,24,35H,14-15H2,1-2H3/b9-6+/t18-,20?,24+/m1/s1. The molecule has 0 spiro atoms. The van der Waals surface area contributed by atoms with Crippen LogP contribution in [0.3, 0.4) is 0 Å². The number of halogens is 2. The van der Waals surface area contributed by atoms with E-state index in [-0.39, 0.29) is 42.2 Å². The molecule has 0 radical (unpaired) electrons. The molecule has 2 aromatic carbocycles. The number of pyridine rings is 1. The van der Waals surface area contributed by atoms with Gasteiger partial charge in [0.1, 0.15) is 6.61 Å². The minimum Gasteiger partial charge on any atom is -0.503 e. The molecule has 36 heavy (non-hydrogen) atoms. The van der Waals surface area contributed by atoms with Crippen LogP contribution in [0.2, 0.25) is 0 Å². The average molecular weight is 493 g/mol. The maximum absolute atomic E-state index is 15.1. The summed E-state index contributed by atoms with van der Waals surface area (Å²) < 4.78 is 36.7. The molecule has 2 aliphatic rings. The molecule has 186 valence electrons. The largest absolute Gasteiger partial charge is 0.503 e. The van der Waals surface area contributed by atoms with Gasteiger partial charge in [0.25, 0.3) is 0 Å². The first kappa shape index (κ1) is 23.8. The molecule has 3 heterocycles. The van der Waals surface area contributed by atoms with Crippen LogP contribution < -0.4 is 15.2 Å². The topological polar surface area (TPSA) is 71.8 Å². The second-order valence-electron chi connectivity index (χ2n) is 9.47. The Morgan fingerprint density at radius 3 is 2.53 bits per heavy atom. The fraction of sp³-hybridized carbons (Fsp3) is 0.286. The Morgan fingerprint density at radius 1 is 1.06 bits per heavy atom. The summed E-state index contributed by atoms with van der Waals surface area (Å²) in [6, 6.07) is 12.2. The van der Waals surface area contributed by atoms with Gasteiger partial charge in [-0.2, -0.15) is 4.39 Å². The number of hydrogen-bond acceptors (Lipinski definition) is 5. The predicted molar refractivity (Wildman–Crippen MR) is 131 cm³/mol. The Hall–Kier alpha value is -3.94. The van der Waals surface area contributed by atoms with Crippen LogP contribution in [0.4, 0.5) is 8.78 Å². The van der Waals surface area contributed by atoms with Gasteiger partial charge in [0.15, 0.2) is 28.8 Å². The predicted octanol–water partition coefficient (Wildman–Crippen LogP) is 4.59. The van der Waals surface area contributed by atoms with E-state index >= 15 is 4.39 Å². The molecule has 6 nitrogen and oxygen atoms in total. The quantitative estimate of drug-likeness (QED) is 0.530. The molecule has 1 N–H and O–H groups in total. The van der Waals surface area contributed by atoms with E-state index in [1.54, 1.807) is 6.08 Å². The molecular formula is C28H26F2N2O4. The Balaban J connectivity index is 1.85. The molecular weight excluding hydrogens is 466 g/mol. The normalized spacial score (nSPS) is 22.3. The number of rotatable bonds is 2. The number of ketones is 1. The zero-order chi connectivity index (χ0) is 25.6. The second-order valence-corrected chi connectivity index (χ2v) is 9.47. The third-order valence-corrected chi connectivity index (χ3v) is 6.99. The lowest BCUT2D eigenvalue weighted by molar-refractivity contribution is 0.0822. The first-order chi connectivity index (χ1) is 17.3. The number of nitrogens with zero attached hydrogens (tertiary/aromatic N) is 2. The molecule has 3 aromatic rings. The summed E-state index contributed by atoms with van der Waals surface area (Å²) in [6.07, 6.45) is 4.98. The minimum absolute atomic E-state index is 0.0188. The highest BCUT2D eigenvalue weighted by molar-refractivity contribution is 6.00. The van der Waals surface area contributed by atoms with Crippen LogP contribution in [-0.4, -0.2) is 28.7 Å². The maximum Gasteiger partial charge on any atom is 0.224 e. The van der Waals surface area contributed by atoms with Gasteiger partial charge in [-0.05, 0) is 29.5 Å². The van der Waals surface area contributed by atoms with Crippen LogP contribution in [0.5, 0.6) is 11.5 Å². The SMILES string of the molecule is CC(C)[C@H]1/C=C/COc2c(ccc(F)c2F)[C@H](c2ccccc2)N2CC1C(=O)c1c(O)c(=O)ccn12. The highest BCUT2D eigenvalue weighted by Crippen LogP contribution is 2.41. The molecule has 1 unspecified atom stereocenters. The van der Waals surface area contributed by atoms with E-state index in [1.807, 2.05) is 55.3 Å². The summed E-state index contributed by atoms with van der Waals surface area (Å²) in [5.74, 6) is -4.17. The van der Waals surface area contributed by atoms with Gasteiger partial charge in [0, 0.05) is 30.3 Å². The highest BCUT2D eigenvalue weighted by Gasteiger charge is 2.42. The fourth-order valence-electron chi connectivity index (χ4n) is 5.26. The monoisotopic (exact) mass is 492 g/mol. The van der Waals surface area contributed by atoms with Crippen molar-refractivity contribution in [3.05, 3.63) is 106 Å². The van der Waals surface area contributed by atoms with Crippen molar-refractivity contribution in [2.75, 3.05) is 18.2 Å². The van der Waals surface area contributed by atoms with Crippen molar-refractivity contribution in [1.29, 1.82) is 0 Å². The molecule has 0 saturated heterocycles. The summed E-state index contributed by atoms with van der Waals surface area (Å²) in [5, 5.41) is 12.5. The minimum atomic E-state index is -1.10. The summed E-state index contributed by atoms with van der Waals surface area (Å²) in [7, 11) is 0. The van der Waals surface area contributed by atoms with Crippen LogP contribution in [0, 0.1) is 29.4 Å². The van der Waals surface area contributed by atoms with Gasteiger partial charge in [-0.1, -0.05) is 56.3 Å². The molecule has 0 saturated carbocycles. The smallest absolute Gasteiger partial charge is 0.224 e. The molecule has 2 bridgehead atoms. The molecule has 0 aliphatic carbocycles. The fourth-order valence-corrected chi connectivity index (χ4v) is 5.26. The molecule has 0 amide bonds. The van der Waals surface area contributed by atoms with Crippen LogP contribution in [0.1, 0.15) is 41.5 Å². The van der Waals surface area contributed by atoms with E-state index in [0.29, 0.717) is 5.56 Å². The van der Waals surface area contributed by atoms with E-state index in [1.165, 1.54) is 23.0 Å². The number of fused-ring (bicyclic) bond motifs is 5. The van der Waals surface area contributed by atoms with E-state index < -0.39 is 34.8 Å². The van der Waals surface area contributed by atoms with Crippen LogP contribution in [-0.2, 0) is 0 Å². The van der Waals surface area contributed by atoms with Gasteiger partial charge < -0.3 is 9.84 Å². The second kappa shape index (κ2) is 9.26. The number of carbonyl (C=O) groups is 1. The summed E-state index contributed by atoms with van der Waals surface area (Å²) in [5.41, 5.74) is 0.305. The number of hydrogen-bond donors (Lipinski definition) is 1. The van der Waals surface area contributed by atoms with Gasteiger partial charge >= 0.3 is 0 Å². The van der Waals surface area contributed by atoms with Gasteiger partial charge in [-0.3, -0.25) is 19.3 Å². The Morgan fingerprint density at radius 2 is 1.81 bits per heavy atom. The molecule has 8 heteroatoms. The average Bonchev–Trinajstić information content (AvgIpc) is 2.89. The van der Waals surface area contributed by atoms with Crippen LogP contribution >= 0.6 is 0 Å². The van der Waals surface area contributed by atoms with Crippen molar-refractivity contribution < 1.29 is 23.4 Å². The molecule has 0 fully saturated rings. The number of Topliss-reactive ketones (excluding diaryl/α,β-unsaturated/α-hetero) is 1. The van der Waals surface area contributed by atoms with E-state index in [0.717, 1.165) is 11.6 Å². The number of ether oxygens (including phenoxy) is 1. The van der Waals surface area contributed by atoms with E-state index in [9.17, 15) is 19.1 Å². The van der Waals surface area contributed by atoms with Crippen molar-refractivity contribution in [2.45, 2.75) is 19.9 Å². The summed E-state index contributed by atoms with van der Waals surface area (Å²) in [4.78, 5) is 26.1. The molecule has 3 atom stereocenters. The Kier molecular flexibility index (Phi) is 6.12. The van der Waals surface area contributed by atoms with Crippen LogP contribution in [0.25, 0.3) is 0 Å².